The predicted molar refractivity (Wildman–Crippen MR) is 60.9 cm³/mol. The van der Waals surface area contributed by atoms with E-state index in [-0.39, 0.29) is 0 Å². The average molecular weight is 274 g/mol. The Balaban J connectivity index is 2.59. The summed E-state index contributed by atoms with van der Waals surface area (Å²) in [5.74, 6) is 0. The van der Waals surface area contributed by atoms with Crippen LogP contribution < -0.4 is 0 Å². The summed E-state index contributed by atoms with van der Waals surface area (Å²) in [6, 6.07) is 7.68. The Morgan fingerprint density at radius 1 is 0.714 bits per heavy atom. The van der Waals surface area contributed by atoms with Crippen molar-refractivity contribution in [2.75, 3.05) is 0 Å². The fourth-order valence-corrected chi connectivity index (χ4v) is 1.58. The number of rotatable bonds is 4. The van der Waals surface area contributed by atoms with Crippen LogP contribution in [0.25, 0.3) is 0 Å². The third kappa shape index (κ3) is 4.69. The molecular weight excluding hydrogens is 266 g/mol. The minimum Gasteiger partial charge on any atom is -0.127 e. The summed E-state index contributed by atoms with van der Waals surface area (Å²) in [5, 5.41) is 0. The molecule has 0 amide bonds. The second-order valence-electron chi connectivity index (χ2n) is 2.74. The molecule has 0 saturated heterocycles. The maximum atomic E-state index is 5.48. The monoisotopic (exact) mass is 272 g/mol. The number of hydrogen-bond acceptors (Lipinski definition) is 2. The maximum absolute atomic E-state index is 5.48. The zero-order chi connectivity index (χ0) is 10.6. The van der Waals surface area contributed by atoms with Crippen LogP contribution in [-0.4, -0.2) is 7.88 Å². The molecule has 0 aliphatic rings. The van der Waals surface area contributed by atoms with Gasteiger partial charge in [-0.3, -0.25) is 0 Å². The van der Waals surface area contributed by atoms with E-state index in [4.69, 9.17) is 47.1 Å². The van der Waals surface area contributed by atoms with Gasteiger partial charge in [0.1, 0.15) is 0 Å². The molecule has 14 heavy (non-hydrogen) atoms. The average Bonchev–Trinajstić information content (AvgIpc) is 2.06. The summed E-state index contributed by atoms with van der Waals surface area (Å²) in [5.41, 5.74) is 2.05. The number of hydrogen-bond donors (Lipinski definition) is 0. The number of nitrogens with zero attached hydrogens (tertiary/aromatic N) is 2. The summed E-state index contributed by atoms with van der Waals surface area (Å²) in [7, 11) is 0. The normalized spacial score (nSPS) is 11.3. The van der Waals surface area contributed by atoms with E-state index < -0.39 is 0 Å². The van der Waals surface area contributed by atoms with Gasteiger partial charge < -0.3 is 0 Å². The molecule has 2 nitrogen and oxygen atoms in total. The molecule has 0 radical (unpaired) electrons. The van der Waals surface area contributed by atoms with Crippen LogP contribution in [0.1, 0.15) is 11.1 Å². The molecule has 78 valence electrons. The molecule has 1 aromatic carbocycles. The van der Waals surface area contributed by atoms with Crippen LogP contribution in [-0.2, 0) is 13.1 Å². The van der Waals surface area contributed by atoms with Crippen molar-refractivity contribution in [2.24, 2.45) is 0 Å². The van der Waals surface area contributed by atoms with Crippen molar-refractivity contribution in [3.05, 3.63) is 35.4 Å². The van der Waals surface area contributed by atoms with E-state index >= 15 is 0 Å². The summed E-state index contributed by atoms with van der Waals surface area (Å²) in [6.07, 6.45) is 0. The van der Waals surface area contributed by atoms with Crippen molar-refractivity contribution in [2.45, 2.75) is 13.1 Å². The van der Waals surface area contributed by atoms with Crippen LogP contribution in [0.15, 0.2) is 24.3 Å². The molecule has 0 atom stereocenters. The van der Waals surface area contributed by atoms with E-state index in [0.717, 1.165) is 19.0 Å². The third-order valence-corrected chi connectivity index (χ3v) is 2.11. The van der Waals surface area contributed by atoms with E-state index in [0.29, 0.717) is 13.1 Å². The fourth-order valence-electron chi connectivity index (χ4n) is 1.03. The van der Waals surface area contributed by atoms with E-state index in [9.17, 15) is 0 Å². The molecule has 0 fully saturated rings. The Kier molecular flexibility index (Phi) is 5.31. The van der Waals surface area contributed by atoms with Gasteiger partial charge in [0.2, 0.25) is 0 Å². The van der Waals surface area contributed by atoms with Crippen molar-refractivity contribution >= 4 is 47.1 Å². The molecule has 0 bridgehead atoms. The zero-order valence-electron chi connectivity index (χ0n) is 7.13. The quantitative estimate of drug-likeness (QED) is 0.768. The van der Waals surface area contributed by atoms with Gasteiger partial charge >= 0.3 is 0 Å². The van der Waals surface area contributed by atoms with Gasteiger partial charge in [-0.25, -0.2) is 0 Å². The Bertz CT molecular complexity index is 244. The summed E-state index contributed by atoms with van der Waals surface area (Å²) >= 11 is 21.9. The lowest BCUT2D eigenvalue weighted by atomic mass is 10.1. The molecule has 0 heterocycles. The van der Waals surface area contributed by atoms with Crippen LogP contribution in [0, 0.1) is 0 Å². The van der Waals surface area contributed by atoms with Gasteiger partial charge in [-0.15, -0.1) is 7.88 Å². The van der Waals surface area contributed by atoms with Crippen molar-refractivity contribution in [1.82, 2.24) is 7.88 Å². The van der Waals surface area contributed by atoms with E-state index in [1.54, 1.807) is 0 Å². The summed E-state index contributed by atoms with van der Waals surface area (Å²) < 4.78 is 2.15. The van der Waals surface area contributed by atoms with Crippen LogP contribution in [0.5, 0.6) is 0 Å². The molecular formula is C8H8Cl4N2. The Hall–Kier alpha value is 0.300. The van der Waals surface area contributed by atoms with Crippen molar-refractivity contribution in [3.8, 4) is 0 Å². The largest absolute Gasteiger partial charge is 0.127 e. The van der Waals surface area contributed by atoms with Crippen LogP contribution >= 0.6 is 47.1 Å². The first-order valence-corrected chi connectivity index (χ1v) is 5.19. The second kappa shape index (κ2) is 6.01. The molecule has 0 aliphatic carbocycles. The SMILES string of the molecule is ClN(Cl)Cc1ccc(CN(Cl)Cl)cc1. The lowest BCUT2D eigenvalue weighted by Gasteiger charge is -2.07. The van der Waals surface area contributed by atoms with Gasteiger partial charge in [0.15, 0.2) is 0 Å². The highest BCUT2D eigenvalue weighted by Crippen LogP contribution is 2.13. The Labute approximate surface area is 103 Å². The molecule has 0 spiro atoms. The maximum Gasteiger partial charge on any atom is 0.0554 e. The lowest BCUT2D eigenvalue weighted by molar-refractivity contribution is 0.693. The topological polar surface area (TPSA) is 6.48 Å². The molecule has 0 saturated carbocycles. The summed E-state index contributed by atoms with van der Waals surface area (Å²) in [4.78, 5) is 0. The van der Waals surface area contributed by atoms with Crippen LogP contribution in [0.2, 0.25) is 0 Å². The first kappa shape index (κ1) is 12.4. The van der Waals surface area contributed by atoms with Gasteiger partial charge in [-0.05, 0) is 58.2 Å². The zero-order valence-corrected chi connectivity index (χ0v) is 10.2. The van der Waals surface area contributed by atoms with Gasteiger partial charge in [0.25, 0.3) is 0 Å². The van der Waals surface area contributed by atoms with E-state index in [1.165, 1.54) is 0 Å². The van der Waals surface area contributed by atoms with Gasteiger partial charge in [0.05, 0.1) is 13.1 Å². The molecule has 0 N–H and O–H groups in total. The van der Waals surface area contributed by atoms with Crippen molar-refractivity contribution < 1.29 is 0 Å². The Morgan fingerprint density at radius 2 is 1.00 bits per heavy atom. The first-order valence-electron chi connectivity index (χ1n) is 3.84. The molecule has 1 rings (SSSR count). The third-order valence-electron chi connectivity index (χ3n) is 1.63. The van der Waals surface area contributed by atoms with E-state index in [2.05, 4.69) is 0 Å². The lowest BCUT2D eigenvalue weighted by Crippen LogP contribution is -2.00. The first-order chi connectivity index (χ1) is 6.58. The molecule has 0 aliphatic heterocycles. The Morgan fingerprint density at radius 3 is 1.21 bits per heavy atom. The highest BCUT2D eigenvalue weighted by molar-refractivity contribution is 6.33. The molecule has 0 aromatic heterocycles. The highest BCUT2D eigenvalue weighted by Gasteiger charge is 2.01. The number of halogens is 4. The molecule has 0 unspecified atom stereocenters. The van der Waals surface area contributed by atoms with Crippen LogP contribution in [0.4, 0.5) is 0 Å². The van der Waals surface area contributed by atoms with Gasteiger partial charge in [-0.1, -0.05) is 24.3 Å². The summed E-state index contributed by atoms with van der Waals surface area (Å²) in [6.45, 7) is 0.962. The van der Waals surface area contributed by atoms with Gasteiger partial charge in [-0.2, -0.15) is 0 Å². The predicted octanol–water partition coefficient (Wildman–Crippen LogP) is 3.91. The fraction of sp³-hybridized carbons (Fsp3) is 0.250. The minimum atomic E-state index is 0.481. The highest BCUT2D eigenvalue weighted by atomic mass is 35.5. The second-order valence-corrected chi connectivity index (χ2v) is 4.72. The molecule has 6 heteroatoms. The van der Waals surface area contributed by atoms with Crippen molar-refractivity contribution in [3.63, 3.8) is 0 Å². The van der Waals surface area contributed by atoms with E-state index in [1.807, 2.05) is 24.3 Å². The van der Waals surface area contributed by atoms with Gasteiger partial charge in [0, 0.05) is 0 Å². The molecule has 1 aromatic rings. The van der Waals surface area contributed by atoms with Crippen molar-refractivity contribution in [1.29, 1.82) is 0 Å². The number of benzene rings is 1. The minimum absolute atomic E-state index is 0.481. The smallest absolute Gasteiger partial charge is 0.0554 e. The standard InChI is InChI=1S/C8H8Cl4N2/c9-13(10)5-7-1-2-8(4-3-7)6-14(11)12/h1-4H,5-6H2. The van der Waals surface area contributed by atoms with Crippen LogP contribution in [0.3, 0.4) is 0 Å².